The normalized spacial score (nSPS) is 11.0. The number of rotatable bonds is 3. The maximum absolute atomic E-state index is 12.6. The Kier molecular flexibility index (Phi) is 4.30. The summed E-state index contributed by atoms with van der Waals surface area (Å²) < 4.78 is 1.22. The molecule has 0 spiro atoms. The lowest BCUT2D eigenvalue weighted by molar-refractivity contribution is 0.717. The molecule has 0 unspecified atom stereocenters. The van der Waals surface area contributed by atoms with Gasteiger partial charge in [0.1, 0.15) is 0 Å². The van der Waals surface area contributed by atoms with Gasteiger partial charge in [0, 0.05) is 16.1 Å². The van der Waals surface area contributed by atoms with Crippen LogP contribution in [-0.4, -0.2) is 21.1 Å². The van der Waals surface area contributed by atoms with E-state index >= 15 is 0 Å². The molecule has 3 aromatic rings. The predicted molar refractivity (Wildman–Crippen MR) is 90.9 cm³/mol. The van der Waals surface area contributed by atoms with E-state index in [9.17, 15) is 4.79 Å². The van der Waals surface area contributed by atoms with Crippen LogP contribution in [0.1, 0.15) is 11.4 Å². The van der Waals surface area contributed by atoms with E-state index in [0.29, 0.717) is 16.4 Å². The molecule has 0 aliphatic carbocycles. The number of nitrogens with zero attached hydrogens (tertiary/aromatic N) is 4. The standard InChI is InChI=1S/C17H13ClN4O/c1-12-20-21-16(13-7-3-2-4-8-13)17(23)22(12)19-11-14-9-5-6-10-15(14)18/h2-11H,1H3/b19-11+. The summed E-state index contributed by atoms with van der Waals surface area (Å²) in [5.41, 5.74) is 1.35. The molecule has 3 rings (SSSR count). The van der Waals surface area contributed by atoms with E-state index in [2.05, 4.69) is 15.3 Å². The van der Waals surface area contributed by atoms with Crippen LogP contribution in [0, 0.1) is 6.92 Å². The van der Waals surface area contributed by atoms with E-state index in [0.717, 1.165) is 5.56 Å². The van der Waals surface area contributed by atoms with Crippen molar-refractivity contribution in [2.24, 2.45) is 5.10 Å². The van der Waals surface area contributed by atoms with Gasteiger partial charge in [0.05, 0.1) is 6.21 Å². The molecule has 0 N–H and O–H groups in total. The van der Waals surface area contributed by atoms with Crippen molar-refractivity contribution in [1.29, 1.82) is 0 Å². The molecule has 2 aromatic carbocycles. The van der Waals surface area contributed by atoms with Gasteiger partial charge in [-0.05, 0) is 13.0 Å². The van der Waals surface area contributed by atoms with Crippen LogP contribution in [0.5, 0.6) is 0 Å². The van der Waals surface area contributed by atoms with Crippen molar-refractivity contribution in [2.45, 2.75) is 6.92 Å². The van der Waals surface area contributed by atoms with Crippen molar-refractivity contribution < 1.29 is 0 Å². The van der Waals surface area contributed by atoms with Gasteiger partial charge < -0.3 is 0 Å². The average Bonchev–Trinajstić information content (AvgIpc) is 2.57. The van der Waals surface area contributed by atoms with Crippen LogP contribution >= 0.6 is 11.6 Å². The topological polar surface area (TPSA) is 60.1 Å². The van der Waals surface area contributed by atoms with Crippen LogP contribution < -0.4 is 5.56 Å². The number of hydrogen-bond donors (Lipinski definition) is 0. The van der Waals surface area contributed by atoms with Crippen LogP contribution in [0.15, 0.2) is 64.5 Å². The van der Waals surface area contributed by atoms with Gasteiger partial charge in [-0.2, -0.15) is 9.78 Å². The van der Waals surface area contributed by atoms with Gasteiger partial charge in [0.25, 0.3) is 0 Å². The quantitative estimate of drug-likeness (QED) is 0.695. The molecule has 0 saturated carbocycles. The molecule has 0 bridgehead atoms. The molecule has 0 fully saturated rings. The Balaban J connectivity index is 2.07. The Hall–Kier alpha value is -2.79. The van der Waals surface area contributed by atoms with Crippen LogP contribution in [-0.2, 0) is 0 Å². The summed E-state index contributed by atoms with van der Waals surface area (Å²) >= 11 is 6.09. The third-order valence-corrected chi connectivity index (χ3v) is 3.61. The summed E-state index contributed by atoms with van der Waals surface area (Å²) in [7, 11) is 0. The van der Waals surface area contributed by atoms with Gasteiger partial charge in [0.2, 0.25) is 0 Å². The van der Waals surface area contributed by atoms with E-state index in [4.69, 9.17) is 11.6 Å². The zero-order valence-electron chi connectivity index (χ0n) is 12.3. The first-order valence-corrected chi connectivity index (χ1v) is 7.35. The summed E-state index contributed by atoms with van der Waals surface area (Å²) in [5, 5.41) is 12.8. The molecule has 114 valence electrons. The summed E-state index contributed by atoms with van der Waals surface area (Å²) in [6.45, 7) is 1.67. The maximum Gasteiger partial charge on any atom is 0.301 e. The number of aromatic nitrogens is 3. The average molecular weight is 325 g/mol. The van der Waals surface area contributed by atoms with Crippen molar-refractivity contribution in [1.82, 2.24) is 14.9 Å². The van der Waals surface area contributed by atoms with Crippen LogP contribution in [0.3, 0.4) is 0 Å². The number of aryl methyl sites for hydroxylation is 1. The highest BCUT2D eigenvalue weighted by Gasteiger charge is 2.10. The lowest BCUT2D eigenvalue weighted by Gasteiger charge is -2.05. The van der Waals surface area contributed by atoms with Crippen molar-refractivity contribution in [3.8, 4) is 11.3 Å². The number of halogens is 1. The summed E-state index contributed by atoms with van der Waals surface area (Å²) in [6.07, 6.45) is 1.53. The molecule has 5 nitrogen and oxygen atoms in total. The predicted octanol–water partition coefficient (Wildman–Crippen LogP) is 3.15. The molecule has 0 aliphatic rings. The van der Waals surface area contributed by atoms with Crippen molar-refractivity contribution >= 4 is 17.8 Å². The first-order chi connectivity index (χ1) is 11.2. The smallest absolute Gasteiger partial charge is 0.265 e. The fourth-order valence-corrected chi connectivity index (χ4v) is 2.25. The Morgan fingerprint density at radius 3 is 2.48 bits per heavy atom. The first-order valence-electron chi connectivity index (χ1n) is 6.97. The second kappa shape index (κ2) is 6.54. The van der Waals surface area contributed by atoms with Crippen molar-refractivity contribution in [2.75, 3.05) is 0 Å². The minimum Gasteiger partial charge on any atom is -0.265 e. The van der Waals surface area contributed by atoms with Crippen LogP contribution in [0.4, 0.5) is 0 Å². The van der Waals surface area contributed by atoms with Gasteiger partial charge in [-0.3, -0.25) is 4.79 Å². The van der Waals surface area contributed by atoms with E-state index in [1.165, 1.54) is 10.9 Å². The third kappa shape index (κ3) is 3.19. The summed E-state index contributed by atoms with van der Waals surface area (Å²) in [5.74, 6) is 0.401. The van der Waals surface area contributed by atoms with Crippen LogP contribution in [0.25, 0.3) is 11.3 Å². The highest BCUT2D eigenvalue weighted by Crippen LogP contribution is 2.13. The molecule has 23 heavy (non-hydrogen) atoms. The Labute approximate surface area is 137 Å². The molecule has 1 heterocycles. The lowest BCUT2D eigenvalue weighted by atomic mass is 10.2. The Bertz CT molecular complexity index is 919. The van der Waals surface area contributed by atoms with Crippen molar-refractivity contribution in [3.05, 3.63) is 81.4 Å². The zero-order valence-corrected chi connectivity index (χ0v) is 13.1. The van der Waals surface area contributed by atoms with Crippen LogP contribution in [0.2, 0.25) is 5.02 Å². The van der Waals surface area contributed by atoms with Gasteiger partial charge >= 0.3 is 5.56 Å². The second-order valence-electron chi connectivity index (χ2n) is 4.84. The molecule has 0 amide bonds. The summed E-state index contributed by atoms with van der Waals surface area (Å²) in [6, 6.07) is 16.4. The number of benzene rings is 2. The molecular weight excluding hydrogens is 312 g/mol. The molecule has 6 heteroatoms. The minimum atomic E-state index is -0.327. The highest BCUT2D eigenvalue weighted by molar-refractivity contribution is 6.33. The van der Waals surface area contributed by atoms with Gasteiger partial charge in [-0.25, -0.2) is 0 Å². The summed E-state index contributed by atoms with van der Waals surface area (Å²) in [4.78, 5) is 12.6. The minimum absolute atomic E-state index is 0.257. The largest absolute Gasteiger partial charge is 0.301 e. The lowest BCUT2D eigenvalue weighted by Crippen LogP contribution is -2.24. The monoisotopic (exact) mass is 324 g/mol. The second-order valence-corrected chi connectivity index (χ2v) is 5.25. The SMILES string of the molecule is Cc1nnc(-c2ccccc2)c(=O)n1/N=C/c1ccccc1Cl. The van der Waals surface area contributed by atoms with E-state index in [-0.39, 0.29) is 11.3 Å². The Morgan fingerprint density at radius 1 is 1.04 bits per heavy atom. The fourth-order valence-electron chi connectivity index (χ4n) is 2.07. The number of hydrogen-bond acceptors (Lipinski definition) is 4. The molecular formula is C17H13ClN4O. The molecule has 0 radical (unpaired) electrons. The van der Waals surface area contributed by atoms with E-state index < -0.39 is 0 Å². The molecule has 0 atom stereocenters. The highest BCUT2D eigenvalue weighted by atomic mass is 35.5. The fraction of sp³-hybridized carbons (Fsp3) is 0.0588. The van der Waals surface area contributed by atoms with Crippen molar-refractivity contribution in [3.63, 3.8) is 0 Å². The molecule has 1 aromatic heterocycles. The first kappa shape index (κ1) is 15.1. The van der Waals surface area contributed by atoms with E-state index in [1.807, 2.05) is 48.5 Å². The van der Waals surface area contributed by atoms with Gasteiger partial charge in [0.15, 0.2) is 11.5 Å². The maximum atomic E-state index is 12.6. The zero-order chi connectivity index (χ0) is 16.2. The van der Waals surface area contributed by atoms with Gasteiger partial charge in [-0.15, -0.1) is 10.2 Å². The van der Waals surface area contributed by atoms with Gasteiger partial charge in [-0.1, -0.05) is 60.1 Å². The Morgan fingerprint density at radius 2 is 1.74 bits per heavy atom. The third-order valence-electron chi connectivity index (χ3n) is 3.26. The van der Waals surface area contributed by atoms with E-state index in [1.54, 1.807) is 13.0 Å². The molecule has 0 saturated heterocycles. The molecule has 0 aliphatic heterocycles.